The summed E-state index contributed by atoms with van der Waals surface area (Å²) in [5, 5.41) is 31.3. The molecule has 1 aliphatic heterocycles. The van der Waals surface area contributed by atoms with Gasteiger partial charge >= 0.3 is 5.97 Å². The summed E-state index contributed by atoms with van der Waals surface area (Å²) >= 11 is 0. The van der Waals surface area contributed by atoms with Crippen molar-refractivity contribution in [3.63, 3.8) is 0 Å². The third kappa shape index (κ3) is 6.20. The Morgan fingerprint density at radius 2 is 2.11 bits per heavy atom. The van der Waals surface area contributed by atoms with E-state index in [4.69, 9.17) is 14.9 Å². The first kappa shape index (κ1) is 22.7. The molecule has 1 aromatic rings. The fourth-order valence-corrected chi connectivity index (χ4v) is 3.72. The molecule has 28 heavy (non-hydrogen) atoms. The molecule has 1 fully saturated rings. The van der Waals surface area contributed by atoms with Crippen LogP contribution < -0.4 is 5.32 Å². The number of nitrogens with one attached hydrogen (secondary N) is 1. The number of ether oxygens (including phenoxy) is 1. The number of carboxylic acid groups (broad SMARTS) is 1. The summed E-state index contributed by atoms with van der Waals surface area (Å²) in [7, 11) is 0. The van der Waals surface area contributed by atoms with Gasteiger partial charge in [0.1, 0.15) is 11.6 Å². The SMILES string of the molecule is CCC(CCN[C@@H]1CC[C@@H](C(=O)O)O[C@@H]1CC(O)CO)c1cc(F)ccc1F. The Bertz CT molecular complexity index is 645. The highest BCUT2D eigenvalue weighted by atomic mass is 19.1. The molecule has 0 spiro atoms. The molecule has 4 N–H and O–H groups in total. The van der Waals surface area contributed by atoms with E-state index in [1.807, 2.05) is 6.92 Å². The minimum atomic E-state index is -1.05. The van der Waals surface area contributed by atoms with Gasteiger partial charge in [0, 0.05) is 12.5 Å². The maximum Gasteiger partial charge on any atom is 0.332 e. The smallest absolute Gasteiger partial charge is 0.332 e. The van der Waals surface area contributed by atoms with Crippen LogP contribution in [0.3, 0.4) is 0 Å². The Hall–Kier alpha value is -1.61. The van der Waals surface area contributed by atoms with Gasteiger partial charge in [-0.15, -0.1) is 0 Å². The average Bonchev–Trinajstić information content (AvgIpc) is 2.68. The van der Waals surface area contributed by atoms with Gasteiger partial charge in [-0.3, -0.25) is 0 Å². The third-order valence-corrected chi connectivity index (χ3v) is 5.31. The van der Waals surface area contributed by atoms with Crippen LogP contribution >= 0.6 is 0 Å². The molecule has 1 saturated heterocycles. The van der Waals surface area contributed by atoms with Crippen LogP contribution in [0.5, 0.6) is 0 Å². The number of aliphatic hydroxyl groups is 2. The molecule has 6 nitrogen and oxygen atoms in total. The summed E-state index contributed by atoms with van der Waals surface area (Å²) in [6.07, 6.45) is -0.247. The average molecular weight is 401 g/mol. The summed E-state index contributed by atoms with van der Waals surface area (Å²) in [4.78, 5) is 11.2. The van der Waals surface area contributed by atoms with Gasteiger partial charge in [-0.1, -0.05) is 6.92 Å². The number of hydrogen-bond acceptors (Lipinski definition) is 5. The molecule has 0 aliphatic carbocycles. The van der Waals surface area contributed by atoms with Gasteiger partial charge in [0.15, 0.2) is 6.10 Å². The van der Waals surface area contributed by atoms with Crippen LogP contribution in [0.25, 0.3) is 0 Å². The zero-order valence-electron chi connectivity index (χ0n) is 16.0. The minimum Gasteiger partial charge on any atom is -0.479 e. The van der Waals surface area contributed by atoms with E-state index < -0.39 is 42.5 Å². The van der Waals surface area contributed by atoms with E-state index >= 15 is 0 Å². The van der Waals surface area contributed by atoms with Crippen LogP contribution in [-0.2, 0) is 9.53 Å². The molecule has 0 radical (unpaired) electrons. The molecule has 1 aliphatic rings. The lowest BCUT2D eigenvalue weighted by molar-refractivity contribution is -0.163. The number of aliphatic hydroxyl groups excluding tert-OH is 2. The number of aliphatic carboxylic acids is 1. The highest BCUT2D eigenvalue weighted by molar-refractivity contribution is 5.72. The second-order valence-corrected chi connectivity index (χ2v) is 7.27. The third-order valence-electron chi connectivity index (χ3n) is 5.31. The minimum absolute atomic E-state index is 0.119. The van der Waals surface area contributed by atoms with Gasteiger partial charge in [0.05, 0.1) is 18.8 Å². The molecule has 0 aromatic heterocycles. The van der Waals surface area contributed by atoms with Crippen LogP contribution in [0.4, 0.5) is 8.78 Å². The van der Waals surface area contributed by atoms with Gasteiger partial charge in [0.2, 0.25) is 0 Å². The van der Waals surface area contributed by atoms with E-state index in [0.717, 1.165) is 12.1 Å². The Morgan fingerprint density at radius 1 is 1.36 bits per heavy atom. The zero-order chi connectivity index (χ0) is 20.7. The summed E-state index contributed by atoms with van der Waals surface area (Å²) in [6.45, 7) is 1.99. The van der Waals surface area contributed by atoms with E-state index in [1.54, 1.807) is 0 Å². The molecule has 0 amide bonds. The number of rotatable bonds is 10. The molecule has 1 heterocycles. The summed E-state index contributed by atoms with van der Waals surface area (Å²) < 4.78 is 33.1. The molecule has 2 unspecified atom stereocenters. The van der Waals surface area contributed by atoms with Crippen molar-refractivity contribution in [2.45, 2.75) is 69.3 Å². The quantitative estimate of drug-likeness (QED) is 0.480. The number of halogens is 2. The summed E-state index contributed by atoms with van der Waals surface area (Å²) in [6, 6.07) is 3.27. The fourth-order valence-electron chi connectivity index (χ4n) is 3.72. The van der Waals surface area contributed by atoms with Crippen molar-refractivity contribution in [1.29, 1.82) is 0 Å². The molecule has 2 rings (SSSR count). The fraction of sp³-hybridized carbons (Fsp3) is 0.650. The van der Waals surface area contributed by atoms with Crippen LogP contribution in [0.2, 0.25) is 0 Å². The monoisotopic (exact) mass is 401 g/mol. The van der Waals surface area contributed by atoms with Crippen molar-refractivity contribution in [2.75, 3.05) is 13.2 Å². The normalized spacial score (nSPS) is 24.7. The van der Waals surface area contributed by atoms with E-state index in [1.165, 1.54) is 6.07 Å². The Balaban J connectivity index is 1.96. The summed E-state index contributed by atoms with van der Waals surface area (Å²) in [5.74, 6) is -2.10. The topological polar surface area (TPSA) is 99.0 Å². The first-order chi connectivity index (χ1) is 13.3. The van der Waals surface area contributed by atoms with Crippen molar-refractivity contribution in [1.82, 2.24) is 5.32 Å². The number of hydrogen-bond donors (Lipinski definition) is 4. The van der Waals surface area contributed by atoms with Gasteiger partial charge in [-0.2, -0.15) is 0 Å². The standard InChI is InChI=1S/C20H29F2NO5/c1-2-12(15-9-13(21)3-4-16(15)22)7-8-23-17-5-6-18(20(26)27)28-19(17)10-14(25)11-24/h3-4,9,12,14,17-19,23-25H,2,5-8,10-11H2,1H3,(H,26,27)/t12?,14?,17-,18+,19-/m1/s1. The van der Waals surface area contributed by atoms with E-state index in [9.17, 15) is 18.7 Å². The van der Waals surface area contributed by atoms with Crippen LogP contribution in [0.1, 0.15) is 50.5 Å². The first-order valence-electron chi connectivity index (χ1n) is 9.71. The van der Waals surface area contributed by atoms with Gasteiger partial charge < -0.3 is 25.4 Å². The lowest BCUT2D eigenvalue weighted by Gasteiger charge is -2.36. The zero-order valence-corrected chi connectivity index (χ0v) is 16.0. The van der Waals surface area contributed by atoms with E-state index in [-0.39, 0.29) is 18.4 Å². The van der Waals surface area contributed by atoms with Crippen LogP contribution in [0, 0.1) is 11.6 Å². The summed E-state index contributed by atoms with van der Waals surface area (Å²) in [5.41, 5.74) is 0.349. The number of carboxylic acids is 1. The maximum atomic E-state index is 14.0. The van der Waals surface area contributed by atoms with Gasteiger partial charge in [-0.05, 0) is 61.9 Å². The molecular formula is C20H29F2NO5. The molecule has 8 heteroatoms. The van der Waals surface area contributed by atoms with Crippen LogP contribution in [0.15, 0.2) is 18.2 Å². The first-order valence-corrected chi connectivity index (χ1v) is 9.71. The van der Waals surface area contributed by atoms with Gasteiger partial charge in [0.25, 0.3) is 0 Å². The van der Waals surface area contributed by atoms with Crippen LogP contribution in [-0.4, -0.2) is 58.8 Å². The Kier molecular flexibility index (Phi) is 8.75. The van der Waals surface area contributed by atoms with E-state index in [2.05, 4.69) is 5.32 Å². The lowest BCUT2D eigenvalue weighted by Crippen LogP contribution is -2.50. The van der Waals surface area contributed by atoms with Crippen molar-refractivity contribution < 1.29 is 33.6 Å². The van der Waals surface area contributed by atoms with Crippen molar-refractivity contribution >= 4 is 5.97 Å². The second-order valence-electron chi connectivity index (χ2n) is 7.27. The van der Waals surface area contributed by atoms with E-state index in [0.29, 0.717) is 37.8 Å². The number of benzene rings is 1. The second kappa shape index (κ2) is 10.8. The predicted molar refractivity (Wildman–Crippen MR) is 99.0 cm³/mol. The molecule has 1 aromatic carbocycles. The predicted octanol–water partition coefficient (Wildman–Crippen LogP) is 2.18. The lowest BCUT2D eigenvalue weighted by atomic mass is 9.91. The largest absolute Gasteiger partial charge is 0.479 e. The molecular weight excluding hydrogens is 372 g/mol. The highest BCUT2D eigenvalue weighted by Crippen LogP contribution is 2.27. The molecule has 158 valence electrons. The Labute approximate surface area is 163 Å². The van der Waals surface area contributed by atoms with Crippen molar-refractivity contribution in [3.8, 4) is 0 Å². The molecule has 5 atom stereocenters. The Morgan fingerprint density at radius 3 is 2.75 bits per heavy atom. The molecule has 0 saturated carbocycles. The highest BCUT2D eigenvalue weighted by Gasteiger charge is 2.35. The molecule has 0 bridgehead atoms. The van der Waals surface area contributed by atoms with Crippen molar-refractivity contribution in [2.24, 2.45) is 0 Å². The number of carbonyl (C=O) groups is 1. The van der Waals surface area contributed by atoms with Gasteiger partial charge in [-0.25, -0.2) is 13.6 Å². The maximum absolute atomic E-state index is 14.0. The van der Waals surface area contributed by atoms with Crippen molar-refractivity contribution in [3.05, 3.63) is 35.4 Å².